The molecule has 34 heavy (non-hydrogen) atoms. The maximum Gasteiger partial charge on any atom is 0.407 e. The first-order valence-corrected chi connectivity index (χ1v) is 11.5. The summed E-state index contributed by atoms with van der Waals surface area (Å²) in [5.74, 6) is -1.76. The molecule has 0 radical (unpaired) electrons. The first-order valence-electron chi connectivity index (χ1n) is 11.5. The molecule has 1 aliphatic rings. The number of carboxylic acid groups (broad SMARTS) is 1. The molecule has 182 valence electrons. The summed E-state index contributed by atoms with van der Waals surface area (Å²) in [5.41, 5.74) is 4.43. The number of ether oxygens (including phenoxy) is 2. The summed E-state index contributed by atoms with van der Waals surface area (Å²) in [7, 11) is 1.35. The van der Waals surface area contributed by atoms with E-state index in [0.29, 0.717) is 6.42 Å². The van der Waals surface area contributed by atoms with Crippen LogP contribution in [-0.2, 0) is 19.1 Å². The van der Waals surface area contributed by atoms with Crippen molar-refractivity contribution in [1.29, 1.82) is 0 Å². The molecule has 8 heteroatoms. The van der Waals surface area contributed by atoms with Gasteiger partial charge in [-0.2, -0.15) is 0 Å². The van der Waals surface area contributed by atoms with Crippen LogP contribution in [0.15, 0.2) is 48.5 Å². The van der Waals surface area contributed by atoms with Crippen LogP contribution in [0.2, 0.25) is 0 Å². The van der Waals surface area contributed by atoms with E-state index >= 15 is 0 Å². The normalized spacial score (nSPS) is 14.9. The second-order valence-electron chi connectivity index (χ2n) is 8.63. The number of methoxy groups -OCH3 is 1. The smallest absolute Gasteiger partial charge is 0.407 e. The van der Waals surface area contributed by atoms with E-state index in [1.165, 1.54) is 7.11 Å². The van der Waals surface area contributed by atoms with Gasteiger partial charge in [0.15, 0.2) is 6.04 Å². The van der Waals surface area contributed by atoms with Crippen molar-refractivity contribution in [2.45, 2.75) is 44.7 Å². The Morgan fingerprint density at radius 2 is 1.56 bits per heavy atom. The lowest BCUT2D eigenvalue weighted by Crippen LogP contribution is -2.53. The van der Waals surface area contributed by atoms with Gasteiger partial charge >= 0.3 is 12.1 Å². The van der Waals surface area contributed by atoms with E-state index in [-0.39, 0.29) is 25.0 Å². The van der Waals surface area contributed by atoms with Gasteiger partial charge in [-0.15, -0.1) is 0 Å². The van der Waals surface area contributed by atoms with Gasteiger partial charge in [-0.1, -0.05) is 68.8 Å². The fraction of sp³-hybridized carbons (Fsp3) is 0.423. The fourth-order valence-electron chi connectivity index (χ4n) is 4.20. The Balaban J connectivity index is 1.68. The highest BCUT2D eigenvalue weighted by molar-refractivity contribution is 5.89. The van der Waals surface area contributed by atoms with Gasteiger partial charge in [-0.25, -0.2) is 9.59 Å². The zero-order chi connectivity index (χ0) is 24.7. The molecule has 1 aliphatic carbocycles. The summed E-state index contributed by atoms with van der Waals surface area (Å²) in [6, 6.07) is 13.9. The molecule has 0 heterocycles. The number of hydrogen-bond acceptors (Lipinski definition) is 5. The largest absolute Gasteiger partial charge is 0.480 e. The third-order valence-electron chi connectivity index (χ3n) is 6.24. The van der Waals surface area contributed by atoms with E-state index in [9.17, 15) is 19.5 Å². The van der Waals surface area contributed by atoms with Gasteiger partial charge in [-0.3, -0.25) is 4.79 Å². The van der Waals surface area contributed by atoms with Crippen LogP contribution < -0.4 is 10.6 Å². The van der Waals surface area contributed by atoms with Crippen molar-refractivity contribution in [1.82, 2.24) is 10.6 Å². The molecular weight excluding hydrogens is 436 g/mol. The number of rotatable bonds is 11. The molecule has 0 fully saturated rings. The third kappa shape index (κ3) is 5.94. The predicted molar refractivity (Wildman–Crippen MR) is 128 cm³/mol. The maximum absolute atomic E-state index is 12.8. The number of fused-ring (bicyclic) bond motifs is 3. The van der Waals surface area contributed by atoms with Crippen molar-refractivity contribution in [3.8, 4) is 11.1 Å². The molecule has 2 aromatic carbocycles. The number of hydrogen-bond donors (Lipinski definition) is 3. The predicted octanol–water partition coefficient (Wildman–Crippen LogP) is 3.55. The van der Waals surface area contributed by atoms with Crippen LogP contribution in [0.25, 0.3) is 11.1 Å². The summed E-state index contributed by atoms with van der Waals surface area (Å²) in [6.45, 7) is 3.89. The zero-order valence-corrected chi connectivity index (χ0v) is 19.7. The SMILES string of the molecule is CCC(C)CC(NC(=O)OCC1c2ccccc2-c2ccccc21)C(=O)NC(COC)C(=O)O. The monoisotopic (exact) mass is 468 g/mol. The molecule has 0 aliphatic heterocycles. The molecule has 0 aromatic heterocycles. The van der Waals surface area contributed by atoms with Crippen molar-refractivity contribution in [2.24, 2.45) is 5.92 Å². The highest BCUT2D eigenvalue weighted by atomic mass is 16.5. The van der Waals surface area contributed by atoms with Crippen molar-refractivity contribution >= 4 is 18.0 Å². The van der Waals surface area contributed by atoms with Gasteiger partial charge in [0.05, 0.1) is 6.61 Å². The lowest BCUT2D eigenvalue weighted by Gasteiger charge is -2.23. The standard InChI is InChI=1S/C26H32N2O6/c1-4-16(2)13-22(24(29)27-23(15-33-3)25(30)31)28-26(32)34-14-21-19-11-7-5-9-17(19)18-10-6-8-12-20(18)21/h5-12,16,21-23H,4,13-15H2,1-3H3,(H,27,29)(H,28,32)(H,30,31). The quantitative estimate of drug-likeness (QED) is 0.465. The van der Waals surface area contributed by atoms with Crippen LogP contribution in [0, 0.1) is 5.92 Å². The highest BCUT2D eigenvalue weighted by Gasteiger charge is 2.31. The molecule has 2 amide bonds. The first-order chi connectivity index (χ1) is 16.3. The van der Waals surface area contributed by atoms with E-state index in [1.807, 2.05) is 50.2 Å². The van der Waals surface area contributed by atoms with Crippen molar-refractivity contribution in [2.75, 3.05) is 20.3 Å². The van der Waals surface area contributed by atoms with E-state index in [4.69, 9.17) is 9.47 Å². The van der Waals surface area contributed by atoms with Crippen LogP contribution in [0.5, 0.6) is 0 Å². The number of alkyl carbamates (subject to hydrolysis) is 1. The average Bonchev–Trinajstić information content (AvgIpc) is 3.15. The highest BCUT2D eigenvalue weighted by Crippen LogP contribution is 2.44. The fourth-order valence-corrected chi connectivity index (χ4v) is 4.20. The maximum atomic E-state index is 12.8. The van der Waals surface area contributed by atoms with E-state index < -0.39 is 30.1 Å². The molecule has 0 saturated heterocycles. The molecule has 0 saturated carbocycles. The summed E-state index contributed by atoms with van der Waals surface area (Å²) in [5, 5.41) is 14.4. The van der Waals surface area contributed by atoms with Gasteiger partial charge in [0.25, 0.3) is 0 Å². The van der Waals surface area contributed by atoms with Crippen molar-refractivity contribution in [3.63, 3.8) is 0 Å². The molecule has 2 aromatic rings. The second kappa shape index (κ2) is 11.7. The van der Waals surface area contributed by atoms with Gasteiger partial charge < -0.3 is 25.2 Å². The van der Waals surface area contributed by atoms with E-state index in [2.05, 4.69) is 22.8 Å². The molecule has 0 bridgehead atoms. The summed E-state index contributed by atoms with van der Waals surface area (Å²) < 4.78 is 10.4. The minimum atomic E-state index is -1.21. The molecule has 3 atom stereocenters. The molecule has 8 nitrogen and oxygen atoms in total. The zero-order valence-electron chi connectivity index (χ0n) is 19.7. The van der Waals surface area contributed by atoms with Crippen LogP contribution in [-0.4, -0.2) is 55.5 Å². The lowest BCUT2D eigenvalue weighted by atomic mass is 9.98. The molecule has 3 rings (SSSR count). The van der Waals surface area contributed by atoms with E-state index in [0.717, 1.165) is 28.7 Å². The molecule has 0 spiro atoms. The van der Waals surface area contributed by atoms with Gasteiger partial charge in [0.2, 0.25) is 5.91 Å². The Morgan fingerprint density at radius 1 is 0.971 bits per heavy atom. The Labute approximate surface area is 199 Å². The Hall–Kier alpha value is -3.39. The van der Waals surface area contributed by atoms with Crippen molar-refractivity contribution in [3.05, 3.63) is 59.7 Å². The number of amides is 2. The number of carboxylic acids is 1. The van der Waals surface area contributed by atoms with Gasteiger partial charge in [0, 0.05) is 13.0 Å². The topological polar surface area (TPSA) is 114 Å². The Kier molecular flexibility index (Phi) is 8.65. The number of benzene rings is 2. The van der Waals surface area contributed by atoms with Gasteiger partial charge in [0.1, 0.15) is 12.6 Å². The van der Waals surface area contributed by atoms with Crippen LogP contribution in [0.4, 0.5) is 4.79 Å². The third-order valence-corrected chi connectivity index (χ3v) is 6.24. The Morgan fingerprint density at radius 3 is 2.09 bits per heavy atom. The minimum Gasteiger partial charge on any atom is -0.480 e. The summed E-state index contributed by atoms with van der Waals surface area (Å²) in [6.07, 6.45) is 0.437. The average molecular weight is 469 g/mol. The van der Waals surface area contributed by atoms with E-state index in [1.54, 1.807) is 0 Å². The Bertz CT molecular complexity index is 978. The second-order valence-corrected chi connectivity index (χ2v) is 8.63. The number of aliphatic carboxylic acids is 1. The first kappa shape index (κ1) is 25.2. The minimum absolute atomic E-state index is 0.0990. The van der Waals surface area contributed by atoms with Gasteiger partial charge in [-0.05, 0) is 34.6 Å². The molecule has 3 N–H and O–H groups in total. The molecular formula is C26H32N2O6. The van der Waals surface area contributed by atoms with Crippen LogP contribution >= 0.6 is 0 Å². The summed E-state index contributed by atoms with van der Waals surface area (Å²) >= 11 is 0. The number of nitrogens with one attached hydrogen (secondary N) is 2. The molecule has 3 unspecified atom stereocenters. The lowest BCUT2D eigenvalue weighted by molar-refractivity contribution is -0.143. The summed E-state index contributed by atoms with van der Waals surface area (Å²) in [4.78, 5) is 36.9. The number of carbonyl (C=O) groups is 3. The van der Waals surface area contributed by atoms with Crippen molar-refractivity contribution < 1.29 is 29.0 Å². The number of carbonyl (C=O) groups excluding carboxylic acids is 2. The van der Waals surface area contributed by atoms with Crippen LogP contribution in [0.3, 0.4) is 0 Å². The van der Waals surface area contributed by atoms with Crippen LogP contribution in [0.1, 0.15) is 43.7 Å².